The van der Waals surface area contributed by atoms with Crippen LogP contribution < -0.4 is 20.7 Å². The van der Waals surface area contributed by atoms with Gasteiger partial charge in [-0.2, -0.15) is 0 Å². The van der Waals surface area contributed by atoms with Gasteiger partial charge in [0.05, 0.1) is 13.2 Å². The Hall–Kier alpha value is -3.27. The Balaban J connectivity index is 0.000000591. The summed E-state index contributed by atoms with van der Waals surface area (Å²) >= 11 is 14.8. The molecule has 1 atom stereocenters. The number of halogens is 3. The number of anilines is 2. The Morgan fingerprint density at radius 1 is 0.978 bits per heavy atom. The van der Waals surface area contributed by atoms with Crippen LogP contribution in [-0.4, -0.2) is 66.6 Å². The molecule has 8 nitrogen and oxygen atoms in total. The number of nitrogens with one attached hydrogen (secondary N) is 1. The van der Waals surface area contributed by atoms with Gasteiger partial charge in [0.15, 0.2) is 0 Å². The van der Waals surface area contributed by atoms with Crippen molar-refractivity contribution in [1.82, 2.24) is 4.90 Å². The van der Waals surface area contributed by atoms with Gasteiger partial charge in [-0.3, -0.25) is 14.6 Å². The van der Waals surface area contributed by atoms with Crippen molar-refractivity contribution in [2.75, 3.05) is 56.2 Å². The van der Waals surface area contributed by atoms with Gasteiger partial charge in [0.2, 0.25) is 0 Å². The topological polar surface area (TPSA) is 97.1 Å². The molecule has 0 radical (unpaired) electrons. The van der Waals surface area contributed by atoms with Gasteiger partial charge in [0, 0.05) is 43.6 Å². The zero-order valence-corrected chi connectivity index (χ0v) is 27.3. The summed E-state index contributed by atoms with van der Waals surface area (Å²) in [7, 11) is 0. The van der Waals surface area contributed by atoms with E-state index in [1.54, 1.807) is 0 Å². The number of morpholine rings is 1. The number of carbonyl (C=O) groups excluding carboxylic acids is 2. The maximum atomic E-state index is 13.5. The molecule has 1 aliphatic carbocycles. The van der Waals surface area contributed by atoms with E-state index >= 15 is 0 Å². The van der Waals surface area contributed by atoms with Gasteiger partial charge in [-0.25, -0.2) is 4.79 Å². The fraction of sp³-hybridized carbons (Fsp3) is 0.353. The Kier molecular flexibility index (Phi) is 13.4. The Morgan fingerprint density at radius 3 is 2.31 bits per heavy atom. The smallest absolute Gasteiger partial charge is 0.326 e. The first-order chi connectivity index (χ1) is 21.7. The predicted molar refractivity (Wildman–Crippen MR) is 182 cm³/mol. The van der Waals surface area contributed by atoms with Crippen LogP contribution in [0.5, 0.6) is 5.75 Å². The second-order valence-corrected chi connectivity index (χ2v) is 13.1. The molecule has 3 amide bonds. The molecule has 45 heavy (non-hydrogen) atoms. The van der Waals surface area contributed by atoms with E-state index in [1.165, 1.54) is 11.1 Å². The van der Waals surface area contributed by atoms with Crippen LogP contribution >= 0.6 is 34.8 Å². The lowest BCUT2D eigenvalue weighted by Crippen LogP contribution is -2.38. The molecule has 0 saturated carbocycles. The summed E-state index contributed by atoms with van der Waals surface area (Å²) in [6.07, 6.45) is 5.52. The molecule has 1 saturated heterocycles. The molecule has 240 valence electrons. The number of ether oxygens (including phenoxy) is 2. The number of carbonyl (C=O) groups is 2. The van der Waals surface area contributed by atoms with Crippen molar-refractivity contribution in [3.8, 4) is 5.75 Å². The van der Waals surface area contributed by atoms with E-state index in [1.807, 2.05) is 59.5 Å². The molecule has 0 unspecified atom stereocenters. The number of primary amides is 1. The summed E-state index contributed by atoms with van der Waals surface area (Å²) < 4.78 is 9.58. The average Bonchev–Trinajstić information content (AvgIpc) is 3.48. The van der Waals surface area contributed by atoms with Gasteiger partial charge in [0.1, 0.15) is 12.4 Å². The molecule has 0 spiro atoms. The number of alkyl halides is 3. The zero-order valence-electron chi connectivity index (χ0n) is 25.0. The predicted octanol–water partition coefficient (Wildman–Crippen LogP) is 6.86. The molecular formula is C34H39Cl3N4O4. The SMILES string of the molecule is NC(=O)C(Cl)(Cl)Cl.O=C(Nc1ccccc1)N(CC1=C[C@@H](Cc2ccccc2)CC1)c1cccc(OCCN2CCOCC2)c1. The van der Waals surface area contributed by atoms with Crippen molar-refractivity contribution < 1.29 is 19.1 Å². The molecule has 3 aromatic rings. The average molecular weight is 674 g/mol. The number of hydrogen-bond donors (Lipinski definition) is 2. The number of para-hydroxylation sites is 1. The van der Waals surface area contributed by atoms with Crippen LogP contribution in [0.25, 0.3) is 0 Å². The van der Waals surface area contributed by atoms with Crippen LogP contribution in [0, 0.1) is 5.92 Å². The lowest BCUT2D eigenvalue weighted by molar-refractivity contribution is -0.117. The minimum Gasteiger partial charge on any atom is -0.492 e. The number of nitrogens with two attached hydrogens (primary N) is 1. The number of hydrogen-bond acceptors (Lipinski definition) is 5. The minimum atomic E-state index is -1.94. The summed E-state index contributed by atoms with van der Waals surface area (Å²) in [5, 5.41) is 3.07. The summed E-state index contributed by atoms with van der Waals surface area (Å²) in [5.74, 6) is 0.314. The van der Waals surface area contributed by atoms with Crippen LogP contribution in [0.2, 0.25) is 0 Å². The molecule has 1 fully saturated rings. The number of urea groups is 1. The third-order valence-electron chi connectivity index (χ3n) is 7.47. The second-order valence-electron chi connectivity index (χ2n) is 10.9. The van der Waals surface area contributed by atoms with Crippen LogP contribution in [0.3, 0.4) is 0 Å². The third-order valence-corrected chi connectivity index (χ3v) is 8.03. The maximum absolute atomic E-state index is 13.5. The normalized spacial score (nSPS) is 16.6. The molecule has 1 heterocycles. The Bertz CT molecular complexity index is 1400. The first-order valence-electron chi connectivity index (χ1n) is 14.9. The van der Waals surface area contributed by atoms with E-state index in [-0.39, 0.29) is 6.03 Å². The monoisotopic (exact) mass is 672 g/mol. The number of amides is 3. The molecule has 0 bridgehead atoms. The number of allylic oxidation sites excluding steroid dienone is 1. The lowest BCUT2D eigenvalue weighted by atomic mass is 9.99. The highest BCUT2D eigenvalue weighted by atomic mass is 35.6. The number of benzene rings is 3. The molecule has 0 aromatic heterocycles. The van der Waals surface area contributed by atoms with Gasteiger partial charge in [0.25, 0.3) is 9.70 Å². The van der Waals surface area contributed by atoms with Gasteiger partial charge < -0.3 is 20.5 Å². The quantitative estimate of drug-likeness (QED) is 0.181. The summed E-state index contributed by atoms with van der Waals surface area (Å²) in [6, 6.07) is 28.0. The lowest BCUT2D eigenvalue weighted by Gasteiger charge is -2.26. The van der Waals surface area contributed by atoms with Crippen molar-refractivity contribution in [2.24, 2.45) is 11.7 Å². The van der Waals surface area contributed by atoms with Crippen molar-refractivity contribution in [2.45, 2.75) is 23.1 Å². The van der Waals surface area contributed by atoms with Crippen LogP contribution in [-0.2, 0) is 16.0 Å². The highest BCUT2D eigenvalue weighted by Crippen LogP contribution is 2.30. The van der Waals surface area contributed by atoms with Gasteiger partial charge >= 0.3 is 6.03 Å². The van der Waals surface area contributed by atoms with E-state index in [9.17, 15) is 9.59 Å². The summed E-state index contributed by atoms with van der Waals surface area (Å²) in [4.78, 5) is 27.6. The van der Waals surface area contributed by atoms with Gasteiger partial charge in [-0.05, 0) is 55.0 Å². The Morgan fingerprint density at radius 2 is 1.64 bits per heavy atom. The van der Waals surface area contributed by atoms with Crippen molar-refractivity contribution >= 4 is 58.1 Å². The third kappa shape index (κ3) is 11.9. The highest BCUT2D eigenvalue weighted by molar-refractivity contribution is 6.76. The first kappa shape index (κ1) is 34.6. The number of nitrogens with zero attached hydrogens (tertiary/aromatic N) is 2. The van der Waals surface area contributed by atoms with E-state index in [2.05, 4.69) is 52.4 Å². The van der Waals surface area contributed by atoms with Crippen LogP contribution in [0.1, 0.15) is 18.4 Å². The van der Waals surface area contributed by atoms with Gasteiger partial charge in [-0.15, -0.1) is 0 Å². The minimum absolute atomic E-state index is 0.144. The molecule has 1 aliphatic heterocycles. The second kappa shape index (κ2) is 17.4. The number of rotatable bonds is 10. The zero-order chi connectivity index (χ0) is 32.1. The molecular weight excluding hydrogens is 635 g/mol. The highest BCUT2D eigenvalue weighted by Gasteiger charge is 2.27. The van der Waals surface area contributed by atoms with E-state index in [0.717, 1.165) is 69.2 Å². The summed E-state index contributed by atoms with van der Waals surface area (Å²) in [6.45, 7) is 5.47. The Labute approximate surface area is 280 Å². The summed E-state index contributed by atoms with van der Waals surface area (Å²) in [5.41, 5.74) is 8.80. The molecule has 3 N–H and O–H groups in total. The largest absolute Gasteiger partial charge is 0.492 e. The standard InChI is InChI=1S/C32H37N3O3.C2H2Cl3NO/c36-32(33-29-10-5-2-6-11-29)35(25-28-15-14-27(23-28)22-26-8-3-1-4-9-26)30-12-7-13-31(24-30)38-21-18-34-16-19-37-20-17-34;3-2(4,5)1(6)7/h1-13,23-24,27H,14-22,25H2,(H,33,36);(H2,6,7)/t27-;/m1./s1. The van der Waals surface area contributed by atoms with E-state index in [0.29, 0.717) is 19.1 Å². The van der Waals surface area contributed by atoms with E-state index in [4.69, 9.17) is 44.3 Å². The maximum Gasteiger partial charge on any atom is 0.326 e. The molecule has 5 rings (SSSR count). The van der Waals surface area contributed by atoms with Crippen molar-refractivity contribution in [3.05, 3.63) is 102 Å². The molecule has 11 heteroatoms. The molecule has 3 aromatic carbocycles. The van der Waals surface area contributed by atoms with Crippen molar-refractivity contribution in [3.63, 3.8) is 0 Å². The fourth-order valence-electron chi connectivity index (χ4n) is 5.13. The van der Waals surface area contributed by atoms with Crippen LogP contribution in [0.4, 0.5) is 16.2 Å². The van der Waals surface area contributed by atoms with Crippen LogP contribution in [0.15, 0.2) is 96.6 Å². The van der Waals surface area contributed by atoms with Gasteiger partial charge in [-0.1, -0.05) is 101 Å². The molecule has 2 aliphatic rings. The fourth-order valence-corrected chi connectivity index (χ4v) is 5.13. The van der Waals surface area contributed by atoms with E-state index < -0.39 is 9.70 Å². The van der Waals surface area contributed by atoms with Crippen molar-refractivity contribution in [1.29, 1.82) is 0 Å². The first-order valence-corrected chi connectivity index (χ1v) is 16.1.